The number of hydrogen-bond acceptors (Lipinski definition) is 5. The van der Waals surface area contributed by atoms with Crippen molar-refractivity contribution in [1.29, 1.82) is 0 Å². The molecular weight excluding hydrogens is 246 g/mol. The topological polar surface area (TPSA) is 84.7 Å². The molecule has 3 N–H and O–H groups in total. The number of nitrogens with zero attached hydrogens (tertiary/aromatic N) is 1. The van der Waals surface area contributed by atoms with Crippen molar-refractivity contribution in [2.75, 3.05) is 24.2 Å². The highest BCUT2D eigenvalue weighted by Gasteiger charge is 2.35. The average molecular weight is 263 g/mol. The van der Waals surface area contributed by atoms with Crippen molar-refractivity contribution in [3.8, 4) is 5.75 Å². The van der Waals surface area contributed by atoms with Gasteiger partial charge < -0.3 is 15.8 Å². The third-order valence-corrected chi connectivity index (χ3v) is 2.93. The minimum Gasteiger partial charge on any atom is -0.479 e. The van der Waals surface area contributed by atoms with Crippen molar-refractivity contribution in [2.24, 2.45) is 0 Å². The van der Waals surface area contributed by atoms with Gasteiger partial charge in [0.05, 0.1) is 5.69 Å². The molecule has 19 heavy (non-hydrogen) atoms. The molecule has 2 rings (SSSR count). The van der Waals surface area contributed by atoms with Crippen LogP contribution in [0.2, 0.25) is 0 Å². The van der Waals surface area contributed by atoms with Gasteiger partial charge in [-0.1, -0.05) is 0 Å². The number of carbonyl (C=O) groups is 2. The van der Waals surface area contributed by atoms with E-state index in [1.807, 2.05) is 0 Å². The number of fused-ring (bicyclic) bond motifs is 1. The number of rotatable bonds is 3. The van der Waals surface area contributed by atoms with Gasteiger partial charge in [0.2, 0.25) is 5.91 Å². The zero-order chi connectivity index (χ0) is 14.0. The summed E-state index contributed by atoms with van der Waals surface area (Å²) < 4.78 is 5.47. The summed E-state index contributed by atoms with van der Waals surface area (Å²) in [5.41, 5.74) is 6.61. The van der Waals surface area contributed by atoms with Gasteiger partial charge in [0.25, 0.3) is 5.91 Å². The molecule has 0 fully saturated rings. The summed E-state index contributed by atoms with van der Waals surface area (Å²) >= 11 is 0. The lowest BCUT2D eigenvalue weighted by atomic mass is 10.1. The van der Waals surface area contributed by atoms with Crippen LogP contribution in [0.3, 0.4) is 0 Å². The van der Waals surface area contributed by atoms with Crippen molar-refractivity contribution >= 4 is 23.2 Å². The lowest BCUT2D eigenvalue weighted by Gasteiger charge is -2.31. The second-order valence-electron chi connectivity index (χ2n) is 4.41. The largest absolute Gasteiger partial charge is 0.479 e. The van der Waals surface area contributed by atoms with Gasteiger partial charge in [0, 0.05) is 18.7 Å². The SMILES string of the molecule is CNCCC(=O)N1C(=O)C(C)Oc2ccc(N)cc21. The molecule has 1 aromatic rings. The smallest absolute Gasteiger partial charge is 0.274 e. The Bertz CT molecular complexity index is 516. The molecule has 102 valence electrons. The van der Waals surface area contributed by atoms with E-state index >= 15 is 0 Å². The summed E-state index contributed by atoms with van der Waals surface area (Å²) in [4.78, 5) is 25.4. The number of imide groups is 1. The van der Waals surface area contributed by atoms with Crippen LogP contribution in [0.15, 0.2) is 18.2 Å². The van der Waals surface area contributed by atoms with Crippen molar-refractivity contribution in [1.82, 2.24) is 5.32 Å². The second-order valence-corrected chi connectivity index (χ2v) is 4.41. The van der Waals surface area contributed by atoms with Crippen LogP contribution in [-0.2, 0) is 9.59 Å². The summed E-state index contributed by atoms with van der Waals surface area (Å²) in [7, 11) is 1.75. The molecule has 1 aromatic carbocycles. The normalized spacial score (nSPS) is 17.9. The fraction of sp³-hybridized carbons (Fsp3) is 0.385. The van der Waals surface area contributed by atoms with Crippen molar-refractivity contribution in [3.05, 3.63) is 18.2 Å². The minimum absolute atomic E-state index is 0.239. The lowest BCUT2D eigenvalue weighted by Crippen LogP contribution is -2.48. The highest BCUT2D eigenvalue weighted by molar-refractivity contribution is 6.18. The molecule has 0 saturated heterocycles. The average Bonchev–Trinajstić information content (AvgIpc) is 2.38. The fourth-order valence-electron chi connectivity index (χ4n) is 1.95. The van der Waals surface area contributed by atoms with E-state index in [-0.39, 0.29) is 18.2 Å². The van der Waals surface area contributed by atoms with Gasteiger partial charge in [-0.3, -0.25) is 9.59 Å². The second kappa shape index (κ2) is 5.27. The Morgan fingerprint density at radius 3 is 2.95 bits per heavy atom. The Hall–Kier alpha value is -2.08. The molecule has 1 atom stereocenters. The first kappa shape index (κ1) is 13.4. The molecule has 1 heterocycles. The van der Waals surface area contributed by atoms with Crippen LogP contribution in [0.25, 0.3) is 0 Å². The number of ether oxygens (including phenoxy) is 1. The first-order valence-corrected chi connectivity index (χ1v) is 6.12. The molecule has 0 aliphatic carbocycles. The molecule has 6 heteroatoms. The number of nitrogen functional groups attached to an aromatic ring is 1. The standard InChI is InChI=1S/C13H17N3O3/c1-8-13(18)16(12(17)5-6-15-2)10-7-9(14)3-4-11(10)19-8/h3-4,7-8,15H,5-6,14H2,1-2H3. The fourth-order valence-corrected chi connectivity index (χ4v) is 1.95. The zero-order valence-corrected chi connectivity index (χ0v) is 11.0. The third-order valence-electron chi connectivity index (χ3n) is 2.93. The van der Waals surface area contributed by atoms with Crippen LogP contribution in [0.4, 0.5) is 11.4 Å². The molecule has 6 nitrogen and oxygen atoms in total. The maximum absolute atomic E-state index is 12.2. The quantitative estimate of drug-likeness (QED) is 0.777. The van der Waals surface area contributed by atoms with Crippen molar-refractivity contribution in [2.45, 2.75) is 19.4 Å². The highest BCUT2D eigenvalue weighted by Crippen LogP contribution is 2.35. The molecule has 0 bridgehead atoms. The number of benzene rings is 1. The van der Waals surface area contributed by atoms with E-state index in [0.29, 0.717) is 23.7 Å². The van der Waals surface area contributed by atoms with Crippen LogP contribution in [0.5, 0.6) is 5.75 Å². The monoisotopic (exact) mass is 263 g/mol. The van der Waals surface area contributed by atoms with Crippen LogP contribution in [0, 0.1) is 0 Å². The summed E-state index contributed by atoms with van der Waals surface area (Å²) in [5.74, 6) is -0.125. The summed E-state index contributed by atoms with van der Waals surface area (Å²) in [6, 6.07) is 4.93. The minimum atomic E-state index is -0.672. The van der Waals surface area contributed by atoms with E-state index in [1.165, 1.54) is 0 Å². The van der Waals surface area contributed by atoms with Gasteiger partial charge in [-0.2, -0.15) is 0 Å². The first-order chi connectivity index (χ1) is 9.04. The molecule has 1 aliphatic heterocycles. The van der Waals surface area contributed by atoms with Crippen molar-refractivity contribution < 1.29 is 14.3 Å². The highest BCUT2D eigenvalue weighted by atomic mass is 16.5. The van der Waals surface area contributed by atoms with Crippen LogP contribution in [0.1, 0.15) is 13.3 Å². The molecule has 2 amide bonds. The molecule has 1 unspecified atom stereocenters. The Morgan fingerprint density at radius 1 is 1.53 bits per heavy atom. The molecule has 0 radical (unpaired) electrons. The van der Waals surface area contributed by atoms with E-state index in [9.17, 15) is 9.59 Å². The van der Waals surface area contributed by atoms with E-state index in [1.54, 1.807) is 32.2 Å². The lowest BCUT2D eigenvalue weighted by molar-refractivity contribution is -0.131. The third kappa shape index (κ3) is 2.53. The van der Waals surface area contributed by atoms with Gasteiger partial charge in [0.1, 0.15) is 5.75 Å². The Balaban J connectivity index is 2.38. The molecular formula is C13H17N3O3. The molecule has 0 aromatic heterocycles. The van der Waals surface area contributed by atoms with Gasteiger partial charge in [-0.15, -0.1) is 0 Å². The number of nitrogens with two attached hydrogens (primary N) is 1. The Labute approximate surface area is 111 Å². The summed E-state index contributed by atoms with van der Waals surface area (Å²) in [6.07, 6.45) is -0.432. The Morgan fingerprint density at radius 2 is 2.26 bits per heavy atom. The predicted octanol–water partition coefficient (Wildman–Crippen LogP) is 0.519. The van der Waals surface area contributed by atoms with Gasteiger partial charge >= 0.3 is 0 Å². The van der Waals surface area contributed by atoms with Crippen LogP contribution >= 0.6 is 0 Å². The van der Waals surface area contributed by atoms with E-state index in [4.69, 9.17) is 10.5 Å². The number of nitrogens with one attached hydrogen (secondary N) is 1. The molecule has 0 saturated carbocycles. The number of hydrogen-bond donors (Lipinski definition) is 2. The molecule has 0 spiro atoms. The number of amides is 2. The maximum Gasteiger partial charge on any atom is 0.274 e. The first-order valence-electron chi connectivity index (χ1n) is 6.12. The zero-order valence-electron chi connectivity index (χ0n) is 11.0. The van der Waals surface area contributed by atoms with Gasteiger partial charge in [-0.05, 0) is 32.2 Å². The summed E-state index contributed by atoms with van der Waals surface area (Å²) in [5, 5.41) is 2.88. The number of anilines is 2. The van der Waals surface area contributed by atoms with Gasteiger partial charge in [0.15, 0.2) is 6.10 Å². The van der Waals surface area contributed by atoms with E-state index in [0.717, 1.165) is 4.90 Å². The predicted molar refractivity (Wildman–Crippen MR) is 72.0 cm³/mol. The van der Waals surface area contributed by atoms with Crippen LogP contribution in [-0.4, -0.2) is 31.5 Å². The van der Waals surface area contributed by atoms with Crippen molar-refractivity contribution in [3.63, 3.8) is 0 Å². The Kier molecular flexibility index (Phi) is 3.71. The molecule has 1 aliphatic rings. The van der Waals surface area contributed by atoms with Crippen LogP contribution < -0.4 is 20.7 Å². The van der Waals surface area contributed by atoms with E-state index < -0.39 is 6.10 Å². The maximum atomic E-state index is 12.2. The summed E-state index contributed by atoms with van der Waals surface area (Å²) in [6.45, 7) is 2.13. The number of carbonyl (C=O) groups excluding carboxylic acids is 2. The van der Waals surface area contributed by atoms with E-state index in [2.05, 4.69) is 5.32 Å². The van der Waals surface area contributed by atoms with Gasteiger partial charge in [-0.25, -0.2) is 4.90 Å².